The lowest BCUT2D eigenvalue weighted by Crippen LogP contribution is -2.49. The number of nitriles is 1. The summed E-state index contributed by atoms with van der Waals surface area (Å²) in [5, 5.41) is 9.18. The van der Waals surface area contributed by atoms with Crippen molar-refractivity contribution in [2.75, 3.05) is 4.90 Å². The molecule has 0 aliphatic carbocycles. The van der Waals surface area contributed by atoms with Gasteiger partial charge in [0, 0.05) is 11.1 Å². The molecule has 0 spiro atoms. The van der Waals surface area contributed by atoms with Crippen molar-refractivity contribution in [1.82, 2.24) is 4.72 Å². The molecule has 0 aromatic heterocycles. The molecule has 0 bridgehead atoms. The average molecular weight is 595 g/mol. The molecular weight excluding hydrogens is 559 g/mol. The zero-order valence-electron chi connectivity index (χ0n) is 24.4. The highest BCUT2D eigenvalue weighted by atomic mass is 32.2. The minimum Gasteiger partial charge on any atom is -0.443 e. The summed E-state index contributed by atoms with van der Waals surface area (Å²) in [6.07, 6.45) is -0.901. The molecule has 42 heavy (non-hydrogen) atoms. The predicted octanol–water partition coefficient (Wildman–Crippen LogP) is 5.28. The molecule has 1 atom stereocenters. The number of sulfonamides is 1. The van der Waals surface area contributed by atoms with Crippen LogP contribution >= 0.6 is 0 Å². The fraction of sp³-hybridized carbons (Fsp3) is 0.323. The van der Waals surface area contributed by atoms with Gasteiger partial charge < -0.3 is 10.5 Å². The van der Waals surface area contributed by atoms with Crippen LogP contribution in [0.5, 0.6) is 0 Å². The number of carbonyl (C=O) groups is 2. The highest BCUT2D eigenvalue weighted by molar-refractivity contribution is 7.89. The summed E-state index contributed by atoms with van der Waals surface area (Å²) in [7, 11) is -4.03. The van der Waals surface area contributed by atoms with Gasteiger partial charge in [0.15, 0.2) is 0 Å². The van der Waals surface area contributed by atoms with Crippen molar-refractivity contribution >= 4 is 27.7 Å². The van der Waals surface area contributed by atoms with Crippen LogP contribution in [0, 0.1) is 17.1 Å². The van der Waals surface area contributed by atoms with E-state index >= 15 is 0 Å². The van der Waals surface area contributed by atoms with Gasteiger partial charge in [-0.15, -0.1) is 0 Å². The highest BCUT2D eigenvalue weighted by Crippen LogP contribution is 2.31. The van der Waals surface area contributed by atoms with Crippen LogP contribution in [0.2, 0.25) is 0 Å². The third kappa shape index (κ3) is 8.45. The second-order valence-electron chi connectivity index (χ2n) is 11.8. The Hall–Kier alpha value is -4.11. The molecular formula is C31H35FN4O5S. The third-order valence-corrected chi connectivity index (χ3v) is 7.55. The SMILES string of the molecule is CC(C)(C)NS(=O)(=O)c1ccc(F)cc1-c1ccc(N(C(=O)OC(C)(C)C)C(=O)[C@@H](N)Cc2cccc(C#N)c2)cc1. The van der Waals surface area contributed by atoms with Crippen molar-refractivity contribution < 1.29 is 27.1 Å². The Morgan fingerprint density at radius 2 is 1.67 bits per heavy atom. The minimum atomic E-state index is -4.03. The number of benzene rings is 3. The molecule has 3 rings (SSSR count). The molecule has 3 aromatic carbocycles. The quantitative estimate of drug-likeness (QED) is 0.379. The molecule has 3 N–H and O–H groups in total. The summed E-state index contributed by atoms with van der Waals surface area (Å²) >= 11 is 0. The van der Waals surface area contributed by atoms with Gasteiger partial charge in [-0.3, -0.25) is 4.79 Å². The van der Waals surface area contributed by atoms with Gasteiger partial charge >= 0.3 is 6.09 Å². The number of ether oxygens (including phenoxy) is 1. The molecule has 0 aliphatic rings. The van der Waals surface area contributed by atoms with E-state index in [1.54, 1.807) is 65.8 Å². The zero-order valence-corrected chi connectivity index (χ0v) is 25.3. The summed E-state index contributed by atoms with van der Waals surface area (Å²) in [5.41, 5.74) is 6.13. The molecule has 0 heterocycles. The number of rotatable bonds is 7. The molecule has 0 radical (unpaired) electrons. The maximum absolute atomic E-state index is 14.3. The van der Waals surface area contributed by atoms with Gasteiger partial charge in [0.25, 0.3) is 5.91 Å². The molecule has 0 saturated heterocycles. The topological polar surface area (TPSA) is 143 Å². The molecule has 3 aromatic rings. The summed E-state index contributed by atoms with van der Waals surface area (Å²) in [5.74, 6) is -1.39. The van der Waals surface area contributed by atoms with Crippen LogP contribution in [-0.4, -0.2) is 37.6 Å². The Bertz CT molecular complexity index is 1620. The van der Waals surface area contributed by atoms with Crippen LogP contribution in [0.4, 0.5) is 14.9 Å². The maximum atomic E-state index is 14.3. The Morgan fingerprint density at radius 3 is 2.24 bits per heavy atom. The lowest BCUT2D eigenvalue weighted by Gasteiger charge is -2.28. The molecule has 0 saturated carbocycles. The fourth-order valence-electron chi connectivity index (χ4n) is 4.12. The molecule has 9 nitrogen and oxygen atoms in total. The smallest absolute Gasteiger partial charge is 0.421 e. The van der Waals surface area contributed by atoms with Crippen molar-refractivity contribution in [3.05, 3.63) is 83.7 Å². The average Bonchev–Trinajstić information content (AvgIpc) is 2.86. The van der Waals surface area contributed by atoms with Gasteiger partial charge in [0.1, 0.15) is 11.4 Å². The first-order chi connectivity index (χ1) is 19.4. The second-order valence-corrected chi connectivity index (χ2v) is 13.5. The number of nitrogens with two attached hydrogens (primary N) is 1. The Labute approximate surface area is 246 Å². The number of amides is 2. The monoisotopic (exact) mass is 594 g/mol. The number of nitrogens with zero attached hydrogens (tertiary/aromatic N) is 2. The highest BCUT2D eigenvalue weighted by Gasteiger charge is 2.32. The van der Waals surface area contributed by atoms with Crippen molar-refractivity contribution in [1.29, 1.82) is 5.26 Å². The van der Waals surface area contributed by atoms with Crippen LogP contribution in [-0.2, 0) is 26.0 Å². The first-order valence-corrected chi connectivity index (χ1v) is 14.6. The summed E-state index contributed by atoms with van der Waals surface area (Å²) < 4.78 is 48.6. The zero-order chi connectivity index (χ0) is 31.5. The van der Waals surface area contributed by atoms with Gasteiger partial charge in [-0.1, -0.05) is 24.3 Å². The van der Waals surface area contributed by atoms with E-state index in [1.807, 2.05) is 6.07 Å². The molecule has 11 heteroatoms. The molecule has 0 unspecified atom stereocenters. The van der Waals surface area contributed by atoms with E-state index < -0.39 is 45.0 Å². The molecule has 0 aliphatic heterocycles. The fourth-order valence-corrected chi connectivity index (χ4v) is 5.75. The predicted molar refractivity (Wildman–Crippen MR) is 158 cm³/mol. The summed E-state index contributed by atoms with van der Waals surface area (Å²) in [6.45, 7) is 10.0. The van der Waals surface area contributed by atoms with E-state index in [2.05, 4.69) is 4.72 Å². The van der Waals surface area contributed by atoms with E-state index in [1.165, 1.54) is 30.3 Å². The van der Waals surface area contributed by atoms with Crippen molar-refractivity contribution in [2.45, 2.75) is 70.0 Å². The van der Waals surface area contributed by atoms with Gasteiger partial charge in [0.2, 0.25) is 10.0 Å². The van der Waals surface area contributed by atoms with E-state index in [0.29, 0.717) is 16.7 Å². The lowest BCUT2D eigenvalue weighted by atomic mass is 10.0. The number of imide groups is 1. The van der Waals surface area contributed by atoms with Crippen LogP contribution in [0.1, 0.15) is 52.7 Å². The number of anilines is 1. The normalized spacial score (nSPS) is 12.7. The van der Waals surface area contributed by atoms with Crippen LogP contribution in [0.3, 0.4) is 0 Å². The lowest BCUT2D eigenvalue weighted by molar-refractivity contribution is -0.119. The van der Waals surface area contributed by atoms with Crippen molar-refractivity contribution in [3.63, 3.8) is 0 Å². The van der Waals surface area contributed by atoms with E-state index in [9.17, 15) is 27.7 Å². The van der Waals surface area contributed by atoms with Crippen LogP contribution in [0.25, 0.3) is 11.1 Å². The molecule has 222 valence electrons. The van der Waals surface area contributed by atoms with Gasteiger partial charge in [0.05, 0.1) is 28.3 Å². The van der Waals surface area contributed by atoms with Gasteiger partial charge in [-0.05, 0) is 102 Å². The summed E-state index contributed by atoms with van der Waals surface area (Å²) in [6, 6.07) is 16.7. The summed E-state index contributed by atoms with van der Waals surface area (Å²) in [4.78, 5) is 27.5. The number of halogens is 1. The van der Waals surface area contributed by atoms with Crippen LogP contribution in [0.15, 0.2) is 71.6 Å². The van der Waals surface area contributed by atoms with Crippen molar-refractivity contribution in [3.8, 4) is 17.2 Å². The number of hydrogen-bond donors (Lipinski definition) is 2. The Kier molecular flexibility index (Phi) is 9.57. The van der Waals surface area contributed by atoms with Crippen LogP contribution < -0.4 is 15.4 Å². The molecule has 2 amide bonds. The van der Waals surface area contributed by atoms with Crippen molar-refractivity contribution in [2.24, 2.45) is 5.73 Å². The van der Waals surface area contributed by atoms with E-state index in [4.69, 9.17) is 10.5 Å². The van der Waals surface area contributed by atoms with Gasteiger partial charge in [-0.25, -0.2) is 27.2 Å². The second kappa shape index (κ2) is 12.4. The Balaban J connectivity index is 2.02. The molecule has 0 fully saturated rings. The van der Waals surface area contributed by atoms with Gasteiger partial charge in [-0.2, -0.15) is 5.26 Å². The first kappa shape index (κ1) is 32.4. The van der Waals surface area contributed by atoms with E-state index in [-0.39, 0.29) is 22.6 Å². The Morgan fingerprint density at radius 1 is 1.02 bits per heavy atom. The number of hydrogen-bond acceptors (Lipinski definition) is 7. The first-order valence-electron chi connectivity index (χ1n) is 13.2. The number of carbonyl (C=O) groups excluding carboxylic acids is 2. The minimum absolute atomic E-state index is 0.0526. The third-order valence-electron chi connectivity index (χ3n) is 5.73. The largest absolute Gasteiger partial charge is 0.443 e. The number of nitrogens with one attached hydrogen (secondary N) is 1. The van der Waals surface area contributed by atoms with E-state index in [0.717, 1.165) is 17.0 Å². The standard InChI is InChI=1S/C31H35FN4O5S/c1-30(2,3)35-42(39,40)27-15-12-23(32)18-25(27)22-10-13-24(14-11-22)36(29(38)41-31(4,5)6)28(37)26(34)17-20-8-7-9-21(16-20)19-33/h7-16,18,26,35H,17,34H2,1-6H3/t26-/m0/s1. The maximum Gasteiger partial charge on any atom is 0.421 e.